The van der Waals surface area contributed by atoms with Gasteiger partial charge in [-0.2, -0.15) is 0 Å². The van der Waals surface area contributed by atoms with E-state index in [1.807, 2.05) is 51.3 Å². The van der Waals surface area contributed by atoms with Crippen molar-refractivity contribution < 1.29 is 19.1 Å². The zero-order chi connectivity index (χ0) is 20.1. The van der Waals surface area contributed by atoms with Crippen LogP contribution in [0.2, 0.25) is 0 Å². The van der Waals surface area contributed by atoms with Crippen LogP contribution in [0, 0.1) is 27.7 Å². The summed E-state index contributed by atoms with van der Waals surface area (Å²) in [5.41, 5.74) is 3.29. The number of aryl methyl sites for hydroxylation is 3. The number of aromatic nitrogens is 1. The number of nitrogens with one attached hydrogen (secondary N) is 2. The normalized spacial score (nSPS) is 10.6. The summed E-state index contributed by atoms with van der Waals surface area (Å²) < 4.78 is 7.17. The molecule has 0 bridgehead atoms. The molecular weight excluding hydrogens is 366 g/mol. The van der Waals surface area contributed by atoms with Gasteiger partial charge >= 0.3 is 12.0 Å². The molecule has 2 N–H and O–H groups in total. The number of rotatable bonds is 6. The second-order valence-corrected chi connectivity index (χ2v) is 7.50. The summed E-state index contributed by atoms with van der Waals surface area (Å²) in [7, 11) is 0. The Kier molecular flexibility index (Phi) is 6.79. The molecule has 0 fully saturated rings. The number of carbonyl (C=O) groups excluding carboxylic acids is 3. The van der Waals surface area contributed by atoms with Crippen molar-refractivity contribution in [1.82, 2.24) is 15.2 Å². The van der Waals surface area contributed by atoms with Crippen LogP contribution in [-0.2, 0) is 9.53 Å². The average molecular weight is 391 g/mol. The van der Waals surface area contributed by atoms with Crippen LogP contribution in [0.4, 0.5) is 4.79 Å². The lowest BCUT2D eigenvalue weighted by Gasteiger charge is -2.11. The average Bonchev–Trinajstić information content (AvgIpc) is 3.09. The zero-order valence-corrected chi connectivity index (χ0v) is 17.1. The number of thiophene rings is 1. The number of imide groups is 1. The molecule has 0 atom stereocenters. The quantitative estimate of drug-likeness (QED) is 0.740. The number of hydrogen-bond acceptors (Lipinski definition) is 5. The molecule has 146 valence electrons. The van der Waals surface area contributed by atoms with Gasteiger partial charge in [-0.25, -0.2) is 9.59 Å². The van der Waals surface area contributed by atoms with Crippen molar-refractivity contribution in [1.29, 1.82) is 0 Å². The van der Waals surface area contributed by atoms with Gasteiger partial charge in [0.25, 0.3) is 5.91 Å². The number of hydrogen-bond donors (Lipinski definition) is 2. The first-order valence-electron chi connectivity index (χ1n) is 8.76. The van der Waals surface area contributed by atoms with E-state index in [9.17, 15) is 14.4 Å². The Bertz CT molecular complexity index is 847. The Morgan fingerprint density at radius 1 is 1.11 bits per heavy atom. The van der Waals surface area contributed by atoms with E-state index >= 15 is 0 Å². The van der Waals surface area contributed by atoms with Crippen molar-refractivity contribution in [3.05, 3.63) is 39.5 Å². The molecule has 7 nitrogen and oxygen atoms in total. The molecule has 2 rings (SSSR count). The highest BCUT2D eigenvalue weighted by molar-refractivity contribution is 7.15. The van der Waals surface area contributed by atoms with Crippen LogP contribution in [0.25, 0.3) is 5.00 Å². The van der Waals surface area contributed by atoms with E-state index < -0.39 is 24.5 Å². The van der Waals surface area contributed by atoms with Gasteiger partial charge in [-0.05, 0) is 51.8 Å². The minimum atomic E-state index is -0.670. The Morgan fingerprint density at radius 2 is 1.74 bits per heavy atom. The molecule has 2 heterocycles. The van der Waals surface area contributed by atoms with E-state index in [2.05, 4.69) is 10.6 Å². The minimum Gasteiger partial charge on any atom is -0.452 e. The van der Waals surface area contributed by atoms with Crippen LogP contribution in [0.3, 0.4) is 0 Å². The maximum Gasteiger partial charge on any atom is 0.341 e. The summed E-state index contributed by atoms with van der Waals surface area (Å²) >= 11 is 1.51. The summed E-state index contributed by atoms with van der Waals surface area (Å²) in [5.74, 6) is -1.25. The fourth-order valence-corrected chi connectivity index (χ4v) is 3.91. The molecule has 0 radical (unpaired) electrons. The molecule has 2 aromatic rings. The lowest BCUT2D eigenvalue weighted by molar-refractivity contribution is -0.123. The highest BCUT2D eigenvalue weighted by Gasteiger charge is 2.24. The van der Waals surface area contributed by atoms with Crippen LogP contribution in [0.15, 0.2) is 12.1 Å². The molecule has 0 aliphatic heterocycles. The van der Waals surface area contributed by atoms with Crippen molar-refractivity contribution in [3.8, 4) is 5.00 Å². The third-order valence-electron chi connectivity index (χ3n) is 4.17. The molecule has 0 spiro atoms. The van der Waals surface area contributed by atoms with Gasteiger partial charge in [0.1, 0.15) is 5.00 Å². The minimum absolute atomic E-state index is 0.447. The molecule has 0 aliphatic carbocycles. The highest BCUT2D eigenvalue weighted by atomic mass is 32.1. The largest absolute Gasteiger partial charge is 0.452 e. The molecule has 0 saturated heterocycles. The third-order valence-corrected chi connectivity index (χ3v) is 5.36. The monoisotopic (exact) mass is 391 g/mol. The predicted octanol–water partition coefficient (Wildman–Crippen LogP) is 3.17. The van der Waals surface area contributed by atoms with E-state index in [-0.39, 0.29) is 0 Å². The fourth-order valence-electron chi connectivity index (χ4n) is 2.64. The van der Waals surface area contributed by atoms with Crippen molar-refractivity contribution in [3.63, 3.8) is 0 Å². The predicted molar refractivity (Wildman–Crippen MR) is 105 cm³/mol. The molecule has 0 aromatic carbocycles. The first kappa shape index (κ1) is 20.7. The van der Waals surface area contributed by atoms with Gasteiger partial charge in [0.2, 0.25) is 0 Å². The lowest BCUT2D eigenvalue weighted by Crippen LogP contribution is -2.41. The smallest absolute Gasteiger partial charge is 0.341 e. The van der Waals surface area contributed by atoms with Gasteiger partial charge in [0.05, 0.1) is 5.56 Å². The van der Waals surface area contributed by atoms with Crippen molar-refractivity contribution in [2.75, 3.05) is 13.2 Å². The zero-order valence-electron chi connectivity index (χ0n) is 16.3. The van der Waals surface area contributed by atoms with Crippen LogP contribution in [0.1, 0.15) is 45.5 Å². The Morgan fingerprint density at radius 3 is 2.33 bits per heavy atom. The summed E-state index contributed by atoms with van der Waals surface area (Å²) in [5, 5.41) is 5.43. The number of amides is 3. The molecule has 8 heteroatoms. The number of carbonyl (C=O) groups is 3. The Hall–Kier alpha value is -2.61. The first-order chi connectivity index (χ1) is 12.8. The molecular formula is C19H25N3O4S. The van der Waals surface area contributed by atoms with Crippen molar-refractivity contribution in [2.24, 2.45) is 0 Å². The van der Waals surface area contributed by atoms with Crippen molar-refractivity contribution in [2.45, 2.75) is 41.0 Å². The SMILES string of the molecule is CCCNC(=O)NC(=O)COC(=O)c1c(-n2c(C)ccc2C)sc(C)c1C. The summed E-state index contributed by atoms with van der Waals surface area (Å²) in [4.78, 5) is 37.0. The number of urea groups is 1. The molecule has 2 aromatic heterocycles. The van der Waals surface area contributed by atoms with E-state index in [4.69, 9.17) is 4.74 Å². The van der Waals surface area contributed by atoms with Gasteiger partial charge in [-0.3, -0.25) is 10.1 Å². The number of nitrogens with zero attached hydrogens (tertiary/aromatic N) is 1. The number of ether oxygens (including phenoxy) is 1. The molecule has 0 saturated carbocycles. The molecule has 27 heavy (non-hydrogen) atoms. The topological polar surface area (TPSA) is 89.4 Å². The highest BCUT2D eigenvalue weighted by Crippen LogP contribution is 2.33. The molecule has 0 aliphatic rings. The van der Waals surface area contributed by atoms with E-state index in [1.165, 1.54) is 11.3 Å². The summed E-state index contributed by atoms with van der Waals surface area (Å²) in [6.07, 6.45) is 0.758. The van der Waals surface area contributed by atoms with Gasteiger partial charge in [0.15, 0.2) is 6.61 Å². The van der Waals surface area contributed by atoms with Gasteiger partial charge in [0, 0.05) is 22.8 Å². The van der Waals surface area contributed by atoms with Crippen molar-refractivity contribution >= 4 is 29.2 Å². The van der Waals surface area contributed by atoms with Gasteiger partial charge in [-0.15, -0.1) is 11.3 Å². The fraction of sp³-hybridized carbons (Fsp3) is 0.421. The lowest BCUT2D eigenvalue weighted by atomic mass is 10.1. The molecule has 0 unspecified atom stereocenters. The number of esters is 1. The summed E-state index contributed by atoms with van der Waals surface area (Å²) in [6.45, 7) is 9.59. The van der Waals surface area contributed by atoms with Crippen LogP contribution in [-0.4, -0.2) is 35.6 Å². The molecule has 3 amide bonds. The van der Waals surface area contributed by atoms with E-state index in [1.54, 1.807) is 0 Å². The van der Waals surface area contributed by atoms with Gasteiger partial charge in [-0.1, -0.05) is 6.92 Å². The first-order valence-corrected chi connectivity index (χ1v) is 9.58. The summed E-state index contributed by atoms with van der Waals surface area (Å²) in [6, 6.07) is 3.37. The van der Waals surface area contributed by atoms with Crippen LogP contribution < -0.4 is 10.6 Å². The van der Waals surface area contributed by atoms with Crippen LogP contribution in [0.5, 0.6) is 0 Å². The van der Waals surface area contributed by atoms with E-state index in [0.29, 0.717) is 12.1 Å². The Labute approximate surface area is 162 Å². The second kappa shape index (κ2) is 8.85. The Balaban J connectivity index is 2.13. The maximum absolute atomic E-state index is 12.7. The maximum atomic E-state index is 12.7. The third kappa shape index (κ3) is 4.77. The van der Waals surface area contributed by atoms with Gasteiger partial charge < -0.3 is 14.6 Å². The standard InChI is InChI=1S/C19H25N3O4S/c1-6-9-20-19(25)21-15(23)10-26-18(24)16-13(4)14(5)27-17(16)22-11(2)7-8-12(22)3/h7-8H,6,9-10H2,1-5H3,(H2,20,21,23,25). The van der Waals surface area contributed by atoms with Crippen LogP contribution >= 0.6 is 11.3 Å². The van der Waals surface area contributed by atoms with E-state index in [0.717, 1.165) is 33.3 Å². The second-order valence-electron chi connectivity index (χ2n) is 6.30.